The van der Waals surface area contributed by atoms with Crippen LogP contribution in [0.5, 0.6) is 0 Å². The van der Waals surface area contributed by atoms with Crippen molar-refractivity contribution in [1.82, 2.24) is 0 Å². The van der Waals surface area contributed by atoms with Gasteiger partial charge in [-0.2, -0.15) is 8.42 Å². The fraction of sp³-hybridized carbons (Fsp3) is 1.00. The lowest BCUT2D eigenvalue weighted by Crippen LogP contribution is -2.04. The highest BCUT2D eigenvalue weighted by Crippen LogP contribution is 2.10. The summed E-state index contributed by atoms with van der Waals surface area (Å²) in [6.07, 6.45) is 11.9. The maximum atomic E-state index is 10.2. The van der Waals surface area contributed by atoms with Gasteiger partial charge in [0.05, 0.1) is 6.61 Å². The van der Waals surface area contributed by atoms with E-state index in [2.05, 4.69) is 11.1 Å². The van der Waals surface area contributed by atoms with Gasteiger partial charge in [-0.1, -0.05) is 64.7 Å². The van der Waals surface area contributed by atoms with Crippen LogP contribution in [0.15, 0.2) is 0 Å². The third kappa shape index (κ3) is 19.0. The van der Waals surface area contributed by atoms with Gasteiger partial charge in [0.25, 0.3) is 0 Å². The summed E-state index contributed by atoms with van der Waals surface area (Å²) < 4.78 is 33.0. The molecule has 0 spiro atoms. The van der Waals surface area contributed by atoms with Gasteiger partial charge in [0.15, 0.2) is 0 Å². The van der Waals surface area contributed by atoms with Crippen LogP contribution in [0.3, 0.4) is 0 Å². The topological polar surface area (TPSA) is 63.6 Å². The third-order valence-electron chi connectivity index (χ3n) is 2.73. The smallest absolute Gasteiger partial charge is 0.264 e. The van der Waals surface area contributed by atoms with Crippen LogP contribution in [0, 0.1) is 0 Å². The normalized spacial score (nSPS) is 11.2. The van der Waals surface area contributed by atoms with Crippen molar-refractivity contribution in [2.75, 3.05) is 6.61 Å². The molecule has 0 unspecified atom stereocenters. The minimum absolute atomic E-state index is 0. The van der Waals surface area contributed by atoms with Crippen LogP contribution in [0.2, 0.25) is 0 Å². The Morgan fingerprint density at radius 1 is 0.833 bits per heavy atom. The minimum Gasteiger partial charge on any atom is -0.264 e. The van der Waals surface area contributed by atoms with E-state index in [0.29, 0.717) is 6.42 Å². The lowest BCUT2D eigenvalue weighted by atomic mass is 10.1. The molecule has 0 aromatic carbocycles. The lowest BCUT2D eigenvalue weighted by Gasteiger charge is -2.02. The molecule has 0 aliphatic heterocycles. The molecule has 0 fully saturated rings. The molecule has 18 heavy (non-hydrogen) atoms. The van der Waals surface area contributed by atoms with Crippen LogP contribution >= 0.6 is 0 Å². The zero-order valence-electron chi connectivity index (χ0n) is 11.6. The van der Waals surface area contributed by atoms with Gasteiger partial charge in [-0.25, -0.2) is 4.18 Å². The van der Waals surface area contributed by atoms with E-state index in [4.69, 9.17) is 4.55 Å². The molecule has 0 heterocycles. The van der Waals surface area contributed by atoms with E-state index in [0.717, 1.165) is 12.8 Å². The van der Waals surface area contributed by atoms with Crippen LogP contribution in [-0.4, -0.2) is 42.6 Å². The Morgan fingerprint density at radius 3 is 1.61 bits per heavy atom. The Balaban J connectivity index is 0. The molecule has 6 heteroatoms. The first-order valence-electron chi connectivity index (χ1n) is 6.68. The van der Waals surface area contributed by atoms with E-state index in [1.165, 1.54) is 44.9 Å². The van der Waals surface area contributed by atoms with Gasteiger partial charge in [0, 0.05) is 23.1 Å². The van der Waals surface area contributed by atoms with E-state index >= 15 is 0 Å². The molecule has 2 radical (unpaired) electrons. The molecule has 0 aliphatic carbocycles. The van der Waals surface area contributed by atoms with Gasteiger partial charge >= 0.3 is 10.4 Å². The van der Waals surface area contributed by atoms with Crippen molar-refractivity contribution < 1.29 is 17.2 Å². The zero-order chi connectivity index (χ0) is 13.0. The first-order chi connectivity index (χ1) is 8.06. The number of rotatable bonds is 12. The lowest BCUT2D eigenvalue weighted by molar-refractivity contribution is 0.261. The van der Waals surface area contributed by atoms with Crippen molar-refractivity contribution in [2.45, 2.75) is 71.1 Å². The molecule has 0 aliphatic rings. The standard InChI is InChI=1S/C12H26O4S.Mg/c1-2-3-4-5-6-7-8-9-10-11-12-16-17(13,14)15;/h2-12H2,1H3,(H,13,14,15);. The fourth-order valence-electron chi connectivity index (χ4n) is 1.75. The van der Waals surface area contributed by atoms with Crippen molar-refractivity contribution in [1.29, 1.82) is 0 Å². The van der Waals surface area contributed by atoms with Crippen LogP contribution < -0.4 is 0 Å². The summed E-state index contributed by atoms with van der Waals surface area (Å²) in [6.45, 7) is 2.31. The molecule has 0 aromatic rings. The molecule has 0 rings (SSSR count). The molecule has 0 aromatic heterocycles. The van der Waals surface area contributed by atoms with E-state index in [1.807, 2.05) is 0 Å². The number of unbranched alkanes of at least 4 members (excludes halogenated alkanes) is 9. The van der Waals surface area contributed by atoms with Crippen molar-refractivity contribution in [2.24, 2.45) is 0 Å². The van der Waals surface area contributed by atoms with Crippen LogP contribution in [-0.2, 0) is 14.6 Å². The molecular formula is C12H26MgO4S. The predicted octanol–water partition coefficient (Wildman–Crippen LogP) is 3.35. The van der Waals surface area contributed by atoms with E-state index in [9.17, 15) is 8.42 Å². The summed E-state index contributed by atoms with van der Waals surface area (Å²) >= 11 is 0. The molecule has 0 amide bonds. The largest absolute Gasteiger partial charge is 0.397 e. The van der Waals surface area contributed by atoms with E-state index < -0.39 is 10.4 Å². The Hall–Kier alpha value is 0.636. The average Bonchev–Trinajstić information content (AvgIpc) is 2.24. The number of hydrogen-bond acceptors (Lipinski definition) is 3. The molecule has 0 saturated carbocycles. The average molecular weight is 291 g/mol. The van der Waals surface area contributed by atoms with Gasteiger partial charge in [0.2, 0.25) is 0 Å². The quantitative estimate of drug-likeness (QED) is 0.340. The first kappa shape index (κ1) is 20.9. The highest BCUT2D eigenvalue weighted by molar-refractivity contribution is 7.80. The summed E-state index contributed by atoms with van der Waals surface area (Å²) in [5, 5.41) is 0. The summed E-state index contributed by atoms with van der Waals surface area (Å²) in [5.41, 5.74) is 0. The fourth-order valence-corrected chi connectivity index (χ4v) is 2.08. The Morgan fingerprint density at radius 2 is 1.22 bits per heavy atom. The molecule has 106 valence electrons. The summed E-state index contributed by atoms with van der Waals surface area (Å²) in [6, 6.07) is 0. The van der Waals surface area contributed by atoms with Crippen LogP contribution in [0.1, 0.15) is 71.1 Å². The minimum atomic E-state index is -4.23. The van der Waals surface area contributed by atoms with Crippen LogP contribution in [0.25, 0.3) is 0 Å². The highest BCUT2D eigenvalue weighted by atomic mass is 32.3. The number of hydrogen-bond donors (Lipinski definition) is 1. The summed E-state index contributed by atoms with van der Waals surface area (Å²) in [5.74, 6) is 0. The molecule has 1 N–H and O–H groups in total. The van der Waals surface area contributed by atoms with Crippen molar-refractivity contribution >= 4 is 33.5 Å². The SMILES string of the molecule is CCCCCCCCCCCCOS(=O)(=O)O.[Mg]. The van der Waals surface area contributed by atoms with Gasteiger partial charge in [-0.05, 0) is 6.42 Å². The van der Waals surface area contributed by atoms with E-state index in [1.54, 1.807) is 0 Å². The Labute approximate surface area is 128 Å². The van der Waals surface area contributed by atoms with E-state index in [-0.39, 0.29) is 29.7 Å². The predicted molar refractivity (Wildman–Crippen MR) is 75.1 cm³/mol. The highest BCUT2D eigenvalue weighted by Gasteiger charge is 2.02. The molecule has 4 nitrogen and oxygen atoms in total. The maximum Gasteiger partial charge on any atom is 0.397 e. The van der Waals surface area contributed by atoms with Gasteiger partial charge in [-0.3, -0.25) is 4.55 Å². The monoisotopic (exact) mass is 290 g/mol. The third-order valence-corrected chi connectivity index (χ3v) is 3.19. The molecule has 0 atom stereocenters. The second-order valence-electron chi connectivity index (χ2n) is 4.43. The van der Waals surface area contributed by atoms with Crippen molar-refractivity contribution in [3.05, 3.63) is 0 Å². The Bertz CT molecular complexity index is 255. The van der Waals surface area contributed by atoms with Gasteiger partial charge in [0.1, 0.15) is 0 Å². The van der Waals surface area contributed by atoms with Gasteiger partial charge in [-0.15, -0.1) is 0 Å². The second-order valence-corrected chi connectivity index (χ2v) is 5.52. The van der Waals surface area contributed by atoms with Crippen molar-refractivity contribution in [3.63, 3.8) is 0 Å². The zero-order valence-corrected chi connectivity index (χ0v) is 13.8. The molecular weight excluding hydrogens is 264 g/mol. The Kier molecular flexibility index (Phi) is 16.4. The molecule has 0 saturated heterocycles. The van der Waals surface area contributed by atoms with Crippen LogP contribution in [0.4, 0.5) is 0 Å². The second kappa shape index (κ2) is 14.1. The summed E-state index contributed by atoms with van der Waals surface area (Å²) in [7, 11) is -4.23. The first-order valence-corrected chi connectivity index (χ1v) is 8.04. The maximum absolute atomic E-state index is 10.2. The molecule has 0 bridgehead atoms. The van der Waals surface area contributed by atoms with Crippen molar-refractivity contribution in [3.8, 4) is 0 Å². The van der Waals surface area contributed by atoms with Gasteiger partial charge < -0.3 is 0 Å². The summed E-state index contributed by atoms with van der Waals surface area (Å²) in [4.78, 5) is 0.